The summed E-state index contributed by atoms with van der Waals surface area (Å²) >= 11 is 0. The van der Waals surface area contributed by atoms with Crippen LogP contribution in [-0.4, -0.2) is 28.7 Å². The van der Waals surface area contributed by atoms with Crippen molar-refractivity contribution in [2.45, 2.75) is 63.1 Å². The molecule has 1 aromatic carbocycles. The summed E-state index contributed by atoms with van der Waals surface area (Å²) in [5.41, 5.74) is 1.64. The molecule has 0 N–H and O–H groups in total. The fourth-order valence-electron chi connectivity index (χ4n) is 4.58. The first-order chi connectivity index (χ1) is 10.2. The van der Waals surface area contributed by atoms with E-state index < -0.39 is 0 Å². The van der Waals surface area contributed by atoms with Crippen molar-refractivity contribution in [3.63, 3.8) is 0 Å². The summed E-state index contributed by atoms with van der Waals surface area (Å²) in [6.45, 7) is 2.89. The number of hydrogen-bond donors (Lipinski definition) is 0. The van der Waals surface area contributed by atoms with Gasteiger partial charge in [0.2, 0.25) is 0 Å². The lowest BCUT2D eigenvalue weighted by Gasteiger charge is -2.49. The molecule has 1 spiro atoms. The molecule has 1 unspecified atom stereocenters. The molecule has 2 heterocycles. The van der Waals surface area contributed by atoms with Gasteiger partial charge in [0.25, 0.3) is 5.91 Å². The van der Waals surface area contributed by atoms with Crippen molar-refractivity contribution >= 4 is 5.91 Å². The van der Waals surface area contributed by atoms with Gasteiger partial charge >= 0.3 is 0 Å². The third-order valence-electron chi connectivity index (χ3n) is 5.75. The van der Waals surface area contributed by atoms with Crippen LogP contribution in [0.25, 0.3) is 0 Å². The Balaban J connectivity index is 1.83. The second-order valence-corrected chi connectivity index (χ2v) is 6.85. The number of carbonyl (C=O) groups is 1. The molecule has 1 atom stereocenters. The van der Waals surface area contributed by atoms with Gasteiger partial charge in [0.15, 0.2) is 0 Å². The molecule has 3 aliphatic rings. The topological polar surface area (TPSA) is 29.5 Å². The Kier molecular flexibility index (Phi) is 2.90. The van der Waals surface area contributed by atoms with E-state index in [1.165, 1.54) is 24.8 Å². The summed E-state index contributed by atoms with van der Waals surface area (Å²) in [6, 6.07) is 8.09. The number of nitrogens with zero attached hydrogens (tertiary/aromatic N) is 1. The highest BCUT2D eigenvalue weighted by Gasteiger charge is 2.59. The third-order valence-corrected chi connectivity index (χ3v) is 5.75. The molecule has 3 nitrogen and oxygen atoms in total. The largest absolute Gasteiger partial charge is 0.353 e. The van der Waals surface area contributed by atoms with Crippen molar-refractivity contribution in [3.05, 3.63) is 35.4 Å². The van der Waals surface area contributed by atoms with Gasteiger partial charge in [0.1, 0.15) is 5.72 Å². The van der Waals surface area contributed by atoms with Crippen LogP contribution in [0.5, 0.6) is 0 Å². The van der Waals surface area contributed by atoms with E-state index in [4.69, 9.17) is 4.74 Å². The number of amides is 1. The van der Waals surface area contributed by atoms with Crippen LogP contribution >= 0.6 is 0 Å². The van der Waals surface area contributed by atoms with Crippen molar-refractivity contribution in [2.75, 3.05) is 6.61 Å². The Bertz CT molecular complexity index is 576. The first-order valence-corrected chi connectivity index (χ1v) is 8.27. The van der Waals surface area contributed by atoms with E-state index in [0.717, 1.165) is 31.2 Å². The predicted octanol–water partition coefficient (Wildman–Crippen LogP) is 3.52. The predicted molar refractivity (Wildman–Crippen MR) is 81.1 cm³/mol. The van der Waals surface area contributed by atoms with Crippen LogP contribution in [0.2, 0.25) is 0 Å². The molecule has 4 rings (SSSR count). The van der Waals surface area contributed by atoms with Crippen molar-refractivity contribution in [2.24, 2.45) is 0 Å². The van der Waals surface area contributed by atoms with Crippen molar-refractivity contribution in [3.8, 4) is 0 Å². The summed E-state index contributed by atoms with van der Waals surface area (Å²) in [6.07, 6.45) is 7.52. The van der Waals surface area contributed by atoms with E-state index in [9.17, 15) is 4.79 Å². The van der Waals surface area contributed by atoms with E-state index in [2.05, 4.69) is 17.9 Å². The zero-order valence-corrected chi connectivity index (χ0v) is 12.7. The Morgan fingerprint density at radius 2 is 1.95 bits per heavy atom. The van der Waals surface area contributed by atoms with Gasteiger partial charge in [-0.15, -0.1) is 0 Å². The van der Waals surface area contributed by atoms with Gasteiger partial charge in [-0.25, -0.2) is 0 Å². The Hall–Kier alpha value is -1.35. The lowest BCUT2D eigenvalue weighted by atomic mass is 9.79. The lowest BCUT2D eigenvalue weighted by molar-refractivity contribution is -0.0988. The van der Waals surface area contributed by atoms with Crippen LogP contribution in [0.15, 0.2) is 24.3 Å². The monoisotopic (exact) mass is 285 g/mol. The fourth-order valence-corrected chi connectivity index (χ4v) is 4.58. The number of benzene rings is 1. The molecule has 3 heteroatoms. The zero-order valence-electron chi connectivity index (χ0n) is 12.7. The minimum absolute atomic E-state index is 0.122. The summed E-state index contributed by atoms with van der Waals surface area (Å²) in [5, 5.41) is 0. The molecule has 1 saturated carbocycles. The van der Waals surface area contributed by atoms with Crippen LogP contribution < -0.4 is 0 Å². The maximum Gasteiger partial charge on any atom is 0.256 e. The fraction of sp³-hybridized carbons (Fsp3) is 0.611. The average molecular weight is 285 g/mol. The van der Waals surface area contributed by atoms with Gasteiger partial charge in [-0.1, -0.05) is 31.5 Å². The quantitative estimate of drug-likeness (QED) is 0.790. The highest BCUT2D eigenvalue weighted by atomic mass is 16.5. The number of rotatable bonds is 1. The molecule has 0 aromatic heterocycles. The van der Waals surface area contributed by atoms with Crippen molar-refractivity contribution < 1.29 is 9.53 Å². The molecule has 2 fully saturated rings. The number of fused-ring (bicyclic) bond motifs is 3. The van der Waals surface area contributed by atoms with E-state index in [-0.39, 0.29) is 17.2 Å². The lowest BCUT2D eigenvalue weighted by Crippen LogP contribution is -2.61. The Labute approximate surface area is 126 Å². The third kappa shape index (κ3) is 1.73. The van der Waals surface area contributed by atoms with Gasteiger partial charge in [-0.05, 0) is 50.2 Å². The maximum atomic E-state index is 13.2. The van der Waals surface area contributed by atoms with Crippen molar-refractivity contribution in [1.82, 2.24) is 4.90 Å². The molecule has 112 valence electrons. The minimum Gasteiger partial charge on any atom is -0.353 e. The van der Waals surface area contributed by atoms with Crippen LogP contribution in [0.3, 0.4) is 0 Å². The van der Waals surface area contributed by atoms with E-state index in [0.29, 0.717) is 6.61 Å². The second-order valence-electron chi connectivity index (χ2n) is 6.85. The summed E-state index contributed by atoms with van der Waals surface area (Å²) in [4.78, 5) is 15.3. The van der Waals surface area contributed by atoms with E-state index in [1.54, 1.807) is 0 Å². The maximum absolute atomic E-state index is 13.2. The van der Waals surface area contributed by atoms with Gasteiger partial charge in [0.05, 0.1) is 12.1 Å². The molecule has 0 bridgehead atoms. The highest BCUT2D eigenvalue weighted by Crippen LogP contribution is 2.49. The van der Waals surface area contributed by atoms with Gasteiger partial charge in [-0.3, -0.25) is 4.79 Å². The Morgan fingerprint density at radius 1 is 1.19 bits per heavy atom. The molecule has 0 radical (unpaired) electrons. The van der Waals surface area contributed by atoms with Gasteiger partial charge in [-0.2, -0.15) is 0 Å². The van der Waals surface area contributed by atoms with E-state index in [1.807, 2.05) is 18.2 Å². The smallest absolute Gasteiger partial charge is 0.256 e. The van der Waals surface area contributed by atoms with Crippen LogP contribution in [0.4, 0.5) is 0 Å². The second kappa shape index (κ2) is 4.57. The molecular formula is C18H23NO2. The van der Waals surface area contributed by atoms with E-state index >= 15 is 0 Å². The number of hydrogen-bond acceptors (Lipinski definition) is 2. The standard InChI is InChI=1S/C18H23NO2/c1-2-17-12-14-8-4-5-9-15(14)16(20)19(17)18(21-13-17)10-6-3-7-11-18/h4-5,8-9H,2-3,6-7,10-13H2,1H3. The summed E-state index contributed by atoms with van der Waals surface area (Å²) < 4.78 is 6.33. The molecule has 2 aliphatic heterocycles. The van der Waals surface area contributed by atoms with Crippen LogP contribution in [-0.2, 0) is 11.2 Å². The molecule has 1 amide bonds. The van der Waals surface area contributed by atoms with Crippen LogP contribution in [0.1, 0.15) is 61.4 Å². The normalized spacial score (nSPS) is 30.3. The SMILES string of the molecule is CCC12COC3(CCCCC3)N1C(=O)c1ccccc1C2. The molecule has 1 saturated heterocycles. The average Bonchev–Trinajstić information content (AvgIpc) is 2.83. The van der Waals surface area contributed by atoms with Crippen molar-refractivity contribution in [1.29, 1.82) is 0 Å². The number of carbonyl (C=O) groups excluding carboxylic acids is 1. The van der Waals surface area contributed by atoms with Gasteiger partial charge in [0, 0.05) is 5.56 Å². The highest BCUT2D eigenvalue weighted by molar-refractivity contribution is 5.98. The minimum atomic E-state index is -0.321. The first kappa shape index (κ1) is 13.3. The van der Waals surface area contributed by atoms with Gasteiger partial charge < -0.3 is 9.64 Å². The summed E-state index contributed by atoms with van der Waals surface area (Å²) in [5.74, 6) is 0.193. The van der Waals surface area contributed by atoms with Crippen LogP contribution in [0, 0.1) is 0 Å². The first-order valence-electron chi connectivity index (χ1n) is 8.27. The molecule has 21 heavy (non-hydrogen) atoms. The summed E-state index contributed by atoms with van der Waals surface area (Å²) in [7, 11) is 0. The Morgan fingerprint density at radius 3 is 2.71 bits per heavy atom. The zero-order chi connectivity index (χ0) is 14.5. The molecular weight excluding hydrogens is 262 g/mol. The molecule has 1 aromatic rings. The molecule has 1 aliphatic carbocycles. The number of ether oxygens (including phenoxy) is 1.